The standard InChI is InChI=1S/C13H18N2O4S/c1-7-6-15(4-5-19-7)13(18)14-11-10(12(16)17)8(2)9(3)20-11/h7H,4-6H2,1-3H3,(H,14,18)(H,16,17). The van der Waals surface area contributed by atoms with Gasteiger partial charge in [0.05, 0.1) is 18.3 Å². The lowest BCUT2D eigenvalue weighted by molar-refractivity contribution is -0.00138. The zero-order chi connectivity index (χ0) is 14.9. The van der Waals surface area contributed by atoms with E-state index in [9.17, 15) is 14.7 Å². The SMILES string of the molecule is Cc1sc(NC(=O)N2CCOC(C)C2)c(C(=O)O)c1C. The Labute approximate surface area is 121 Å². The van der Waals surface area contributed by atoms with Crippen LogP contribution in [-0.4, -0.2) is 47.8 Å². The van der Waals surface area contributed by atoms with Gasteiger partial charge in [-0.2, -0.15) is 0 Å². The zero-order valence-electron chi connectivity index (χ0n) is 11.7. The number of nitrogens with zero attached hydrogens (tertiary/aromatic N) is 1. The molecule has 1 aliphatic heterocycles. The van der Waals surface area contributed by atoms with Gasteiger partial charge in [-0.25, -0.2) is 9.59 Å². The van der Waals surface area contributed by atoms with Crippen LogP contribution in [0.5, 0.6) is 0 Å². The molecule has 2 N–H and O–H groups in total. The summed E-state index contributed by atoms with van der Waals surface area (Å²) < 4.78 is 5.38. The van der Waals surface area contributed by atoms with Crippen molar-refractivity contribution in [2.24, 2.45) is 0 Å². The summed E-state index contributed by atoms with van der Waals surface area (Å²) in [5.41, 5.74) is 0.885. The highest BCUT2D eigenvalue weighted by Gasteiger charge is 2.25. The number of carbonyl (C=O) groups excluding carboxylic acids is 1. The minimum atomic E-state index is -1.02. The van der Waals surface area contributed by atoms with Crippen LogP contribution < -0.4 is 5.32 Å². The molecule has 20 heavy (non-hydrogen) atoms. The second-order valence-electron chi connectivity index (χ2n) is 4.85. The molecule has 1 unspecified atom stereocenters. The number of carboxylic acid groups (broad SMARTS) is 1. The van der Waals surface area contributed by atoms with Gasteiger partial charge in [-0.05, 0) is 26.3 Å². The molecule has 110 valence electrons. The van der Waals surface area contributed by atoms with E-state index >= 15 is 0 Å². The number of rotatable bonds is 2. The molecule has 6 nitrogen and oxygen atoms in total. The number of aromatic carboxylic acids is 1. The number of nitrogens with one attached hydrogen (secondary N) is 1. The predicted molar refractivity (Wildman–Crippen MR) is 76.8 cm³/mol. The first-order chi connectivity index (χ1) is 9.40. The number of amides is 2. The van der Waals surface area contributed by atoms with Crippen molar-refractivity contribution in [3.63, 3.8) is 0 Å². The molecule has 2 heterocycles. The Hall–Kier alpha value is -1.60. The zero-order valence-corrected chi connectivity index (χ0v) is 12.5. The van der Waals surface area contributed by atoms with E-state index < -0.39 is 5.97 Å². The summed E-state index contributed by atoms with van der Waals surface area (Å²) >= 11 is 1.29. The fourth-order valence-corrected chi connectivity index (χ4v) is 3.19. The third-order valence-corrected chi connectivity index (χ3v) is 4.47. The predicted octanol–water partition coefficient (Wildman–Crippen LogP) is 2.32. The smallest absolute Gasteiger partial charge is 0.338 e. The average Bonchev–Trinajstić information content (AvgIpc) is 2.64. The monoisotopic (exact) mass is 298 g/mol. The number of carbonyl (C=O) groups is 2. The van der Waals surface area contributed by atoms with Gasteiger partial charge in [-0.15, -0.1) is 11.3 Å². The van der Waals surface area contributed by atoms with Gasteiger partial charge >= 0.3 is 12.0 Å². The van der Waals surface area contributed by atoms with Crippen molar-refractivity contribution in [1.82, 2.24) is 4.90 Å². The lowest BCUT2D eigenvalue weighted by atomic mass is 10.1. The molecule has 2 rings (SSSR count). The van der Waals surface area contributed by atoms with Crippen LogP contribution in [-0.2, 0) is 4.74 Å². The Morgan fingerprint density at radius 2 is 2.15 bits per heavy atom. The van der Waals surface area contributed by atoms with Crippen molar-refractivity contribution >= 4 is 28.3 Å². The van der Waals surface area contributed by atoms with Gasteiger partial charge in [0.25, 0.3) is 0 Å². The van der Waals surface area contributed by atoms with Gasteiger partial charge < -0.3 is 14.7 Å². The lowest BCUT2D eigenvalue weighted by Crippen LogP contribution is -2.46. The maximum Gasteiger partial charge on any atom is 0.338 e. The van der Waals surface area contributed by atoms with Crippen LogP contribution in [0.3, 0.4) is 0 Å². The van der Waals surface area contributed by atoms with Crippen molar-refractivity contribution in [3.8, 4) is 0 Å². The fourth-order valence-electron chi connectivity index (χ4n) is 2.15. The van der Waals surface area contributed by atoms with Gasteiger partial charge in [-0.3, -0.25) is 5.32 Å². The maximum absolute atomic E-state index is 12.2. The highest BCUT2D eigenvalue weighted by Crippen LogP contribution is 2.32. The van der Waals surface area contributed by atoms with Crippen LogP contribution in [0.1, 0.15) is 27.7 Å². The van der Waals surface area contributed by atoms with E-state index in [-0.39, 0.29) is 17.7 Å². The number of aryl methyl sites for hydroxylation is 1. The first-order valence-corrected chi connectivity index (χ1v) is 7.22. The summed E-state index contributed by atoms with van der Waals surface area (Å²) in [4.78, 5) is 26.0. The molecule has 0 bridgehead atoms. The number of hydrogen-bond donors (Lipinski definition) is 2. The molecule has 1 fully saturated rings. The molecule has 7 heteroatoms. The number of thiophene rings is 1. The molecular formula is C13H18N2O4S. The molecule has 0 radical (unpaired) electrons. The molecule has 0 aliphatic carbocycles. The Kier molecular flexibility index (Phi) is 4.29. The van der Waals surface area contributed by atoms with Crippen molar-refractivity contribution < 1.29 is 19.4 Å². The van der Waals surface area contributed by atoms with Gasteiger partial charge in [0.2, 0.25) is 0 Å². The first-order valence-electron chi connectivity index (χ1n) is 6.41. The quantitative estimate of drug-likeness (QED) is 0.878. The third-order valence-electron chi connectivity index (χ3n) is 3.35. The lowest BCUT2D eigenvalue weighted by Gasteiger charge is -2.31. The molecule has 0 saturated carbocycles. The van der Waals surface area contributed by atoms with Crippen LogP contribution in [0.15, 0.2) is 0 Å². The van der Waals surface area contributed by atoms with Crippen LogP contribution in [0.2, 0.25) is 0 Å². The van der Waals surface area contributed by atoms with Gasteiger partial charge in [-0.1, -0.05) is 0 Å². The second kappa shape index (κ2) is 5.80. The fraction of sp³-hybridized carbons (Fsp3) is 0.538. The largest absolute Gasteiger partial charge is 0.478 e. The van der Waals surface area contributed by atoms with Crippen LogP contribution in [0.4, 0.5) is 9.80 Å². The molecular weight excluding hydrogens is 280 g/mol. The van der Waals surface area contributed by atoms with Crippen molar-refractivity contribution in [1.29, 1.82) is 0 Å². The molecule has 1 aromatic rings. The number of ether oxygens (including phenoxy) is 1. The first kappa shape index (κ1) is 14.8. The summed E-state index contributed by atoms with van der Waals surface area (Å²) in [6, 6.07) is -0.274. The normalized spacial score (nSPS) is 18.9. The second-order valence-corrected chi connectivity index (χ2v) is 6.07. The van der Waals surface area contributed by atoms with Crippen molar-refractivity contribution in [2.75, 3.05) is 25.0 Å². The molecule has 1 aromatic heterocycles. The van der Waals surface area contributed by atoms with E-state index in [1.54, 1.807) is 11.8 Å². The minimum absolute atomic E-state index is 0.000233. The molecule has 1 aliphatic rings. The number of carboxylic acids is 1. The molecule has 2 amide bonds. The van der Waals surface area contributed by atoms with E-state index in [1.807, 2.05) is 13.8 Å². The summed E-state index contributed by atoms with van der Waals surface area (Å²) in [5, 5.41) is 12.4. The van der Waals surface area contributed by atoms with E-state index in [2.05, 4.69) is 5.32 Å². The minimum Gasteiger partial charge on any atom is -0.478 e. The Morgan fingerprint density at radius 1 is 1.45 bits per heavy atom. The van der Waals surface area contributed by atoms with Crippen molar-refractivity contribution in [3.05, 3.63) is 16.0 Å². The Balaban J connectivity index is 2.15. The summed E-state index contributed by atoms with van der Waals surface area (Å²) in [5.74, 6) is -1.02. The highest BCUT2D eigenvalue weighted by atomic mass is 32.1. The highest BCUT2D eigenvalue weighted by molar-refractivity contribution is 7.16. The van der Waals surface area contributed by atoms with Gasteiger partial charge in [0.15, 0.2) is 0 Å². The summed E-state index contributed by atoms with van der Waals surface area (Å²) in [6.07, 6.45) is 0.000233. The van der Waals surface area contributed by atoms with Crippen LogP contribution >= 0.6 is 11.3 Å². The Bertz CT molecular complexity index is 541. The molecule has 0 aromatic carbocycles. The molecule has 1 saturated heterocycles. The van der Waals surface area contributed by atoms with Crippen LogP contribution in [0, 0.1) is 13.8 Å². The van der Waals surface area contributed by atoms with E-state index in [0.29, 0.717) is 30.3 Å². The van der Waals surface area contributed by atoms with E-state index in [4.69, 9.17) is 4.74 Å². The number of morpholine rings is 1. The number of urea groups is 1. The van der Waals surface area contributed by atoms with E-state index in [0.717, 1.165) is 4.88 Å². The molecule has 0 spiro atoms. The molecule has 1 atom stereocenters. The Morgan fingerprint density at radius 3 is 2.75 bits per heavy atom. The topological polar surface area (TPSA) is 78.9 Å². The number of hydrogen-bond acceptors (Lipinski definition) is 4. The summed E-state index contributed by atoms with van der Waals surface area (Å²) in [6.45, 7) is 7.03. The van der Waals surface area contributed by atoms with Gasteiger partial charge in [0, 0.05) is 18.0 Å². The van der Waals surface area contributed by atoms with E-state index in [1.165, 1.54) is 11.3 Å². The summed E-state index contributed by atoms with van der Waals surface area (Å²) in [7, 11) is 0. The third kappa shape index (κ3) is 2.94. The average molecular weight is 298 g/mol. The van der Waals surface area contributed by atoms with Crippen LogP contribution in [0.25, 0.3) is 0 Å². The maximum atomic E-state index is 12.2. The van der Waals surface area contributed by atoms with Gasteiger partial charge in [0.1, 0.15) is 5.00 Å². The van der Waals surface area contributed by atoms with Crippen molar-refractivity contribution in [2.45, 2.75) is 26.9 Å². The number of anilines is 1.